The molecule has 0 saturated heterocycles. The van der Waals surface area contributed by atoms with Crippen LogP contribution >= 0.6 is 0 Å². The predicted octanol–water partition coefficient (Wildman–Crippen LogP) is 2.95. The summed E-state index contributed by atoms with van der Waals surface area (Å²) in [5.74, 6) is 0.541. The third-order valence-corrected chi connectivity index (χ3v) is 4.24. The Morgan fingerprint density at radius 1 is 1.50 bits per heavy atom. The molecule has 16 heavy (non-hydrogen) atoms. The Kier molecular flexibility index (Phi) is 4.19. The zero-order valence-electron chi connectivity index (χ0n) is 10.9. The highest BCUT2D eigenvalue weighted by Crippen LogP contribution is 2.30. The predicted molar refractivity (Wildman–Crippen MR) is 67.0 cm³/mol. The minimum atomic E-state index is -1.14. The number of esters is 1. The van der Waals surface area contributed by atoms with Crippen LogP contribution in [-0.4, -0.2) is 26.8 Å². The van der Waals surface area contributed by atoms with E-state index in [9.17, 15) is 4.79 Å². The van der Waals surface area contributed by atoms with Crippen molar-refractivity contribution in [3.05, 3.63) is 11.3 Å². The first kappa shape index (κ1) is 13.3. The normalized spacial score (nSPS) is 20.9. The van der Waals surface area contributed by atoms with E-state index < -0.39 is 8.07 Å². The lowest BCUT2D eigenvalue weighted by molar-refractivity contribution is -0.138. The monoisotopic (exact) mass is 242 g/mol. The second kappa shape index (κ2) is 5.04. The molecule has 1 aliphatic heterocycles. The zero-order valence-corrected chi connectivity index (χ0v) is 11.9. The van der Waals surface area contributed by atoms with E-state index in [-0.39, 0.29) is 12.1 Å². The largest absolute Gasteiger partial charge is 0.494 e. The Morgan fingerprint density at radius 2 is 2.12 bits per heavy atom. The molecular weight excluding hydrogens is 220 g/mol. The molecular formula is C12H22O3Si. The van der Waals surface area contributed by atoms with Gasteiger partial charge in [0, 0.05) is 14.5 Å². The molecule has 1 heterocycles. The van der Waals surface area contributed by atoms with Gasteiger partial charge in [0.1, 0.15) is 11.9 Å². The van der Waals surface area contributed by atoms with Gasteiger partial charge in [0.25, 0.3) is 0 Å². The number of ether oxygens (including phenoxy) is 2. The van der Waals surface area contributed by atoms with Crippen molar-refractivity contribution in [1.82, 2.24) is 0 Å². The second-order valence-corrected chi connectivity index (χ2v) is 11.0. The lowest BCUT2D eigenvalue weighted by Crippen LogP contribution is -2.26. The van der Waals surface area contributed by atoms with Crippen LogP contribution in [-0.2, 0) is 14.3 Å². The molecule has 0 N–H and O–H groups in total. The highest BCUT2D eigenvalue weighted by molar-refractivity contribution is 6.76. The topological polar surface area (TPSA) is 35.5 Å². The van der Waals surface area contributed by atoms with Gasteiger partial charge in [0.05, 0.1) is 12.2 Å². The highest BCUT2D eigenvalue weighted by atomic mass is 28.3. The van der Waals surface area contributed by atoms with Gasteiger partial charge in [-0.05, 0) is 19.9 Å². The number of hydrogen-bond acceptors (Lipinski definition) is 3. The van der Waals surface area contributed by atoms with Gasteiger partial charge in [-0.2, -0.15) is 0 Å². The molecule has 0 aromatic heterocycles. The molecule has 3 nitrogen and oxygen atoms in total. The van der Waals surface area contributed by atoms with Crippen LogP contribution in [0.4, 0.5) is 0 Å². The fourth-order valence-corrected chi connectivity index (χ4v) is 3.57. The zero-order chi connectivity index (χ0) is 12.3. The van der Waals surface area contributed by atoms with Crippen LogP contribution in [0.2, 0.25) is 25.7 Å². The van der Waals surface area contributed by atoms with Gasteiger partial charge < -0.3 is 9.47 Å². The lowest BCUT2D eigenvalue weighted by atomic mass is 10.1. The van der Waals surface area contributed by atoms with Crippen LogP contribution < -0.4 is 0 Å². The van der Waals surface area contributed by atoms with Crippen LogP contribution in [0.5, 0.6) is 0 Å². The molecule has 0 fully saturated rings. The summed E-state index contributed by atoms with van der Waals surface area (Å²) in [6.07, 6.45) is 0.903. The number of allylic oxidation sites excluding steroid dienone is 1. The van der Waals surface area contributed by atoms with Crippen molar-refractivity contribution < 1.29 is 14.3 Å². The van der Waals surface area contributed by atoms with Gasteiger partial charge in [-0.1, -0.05) is 19.6 Å². The summed E-state index contributed by atoms with van der Waals surface area (Å²) in [6, 6.07) is 1.09. The van der Waals surface area contributed by atoms with E-state index >= 15 is 0 Å². The van der Waals surface area contributed by atoms with Crippen LogP contribution in [0.25, 0.3) is 0 Å². The first-order valence-electron chi connectivity index (χ1n) is 5.87. The number of hydrogen-bond donors (Lipinski definition) is 0. The summed E-state index contributed by atoms with van der Waals surface area (Å²) >= 11 is 0. The van der Waals surface area contributed by atoms with Crippen molar-refractivity contribution in [2.24, 2.45) is 0 Å². The second-order valence-electron chi connectivity index (χ2n) is 5.46. The average Bonchev–Trinajstić information content (AvgIpc) is 2.44. The first-order valence-corrected chi connectivity index (χ1v) is 9.57. The number of carbonyl (C=O) groups excluding carboxylic acids is 1. The summed E-state index contributed by atoms with van der Waals surface area (Å²) in [4.78, 5) is 11.6. The third-order valence-electron chi connectivity index (χ3n) is 2.56. The quantitative estimate of drug-likeness (QED) is 0.561. The van der Waals surface area contributed by atoms with E-state index in [0.29, 0.717) is 6.61 Å². The minimum absolute atomic E-state index is 0.186. The molecule has 0 bridgehead atoms. The maximum atomic E-state index is 11.6. The molecule has 0 aliphatic carbocycles. The summed E-state index contributed by atoms with van der Waals surface area (Å²) in [7, 11) is -1.14. The van der Waals surface area contributed by atoms with E-state index in [4.69, 9.17) is 9.47 Å². The molecule has 1 aliphatic rings. The van der Waals surface area contributed by atoms with Gasteiger partial charge in [-0.15, -0.1) is 0 Å². The Labute approximate surface area is 98.8 Å². The summed E-state index contributed by atoms with van der Waals surface area (Å²) in [6.45, 7) is 11.0. The van der Waals surface area contributed by atoms with Crippen LogP contribution in [0.1, 0.15) is 20.3 Å². The molecule has 4 heteroatoms. The van der Waals surface area contributed by atoms with Crippen molar-refractivity contribution in [1.29, 1.82) is 0 Å². The van der Waals surface area contributed by atoms with E-state index in [2.05, 4.69) is 19.6 Å². The third kappa shape index (κ3) is 3.67. The fourth-order valence-electron chi connectivity index (χ4n) is 1.98. The van der Waals surface area contributed by atoms with Gasteiger partial charge in [0.15, 0.2) is 0 Å². The Bertz CT molecular complexity index is 302. The van der Waals surface area contributed by atoms with Gasteiger partial charge in [0.2, 0.25) is 0 Å². The van der Waals surface area contributed by atoms with Crippen molar-refractivity contribution >= 4 is 14.0 Å². The molecule has 0 saturated carbocycles. The molecule has 0 aromatic carbocycles. The summed E-state index contributed by atoms with van der Waals surface area (Å²) < 4.78 is 10.7. The van der Waals surface area contributed by atoms with E-state index in [1.807, 2.05) is 13.8 Å². The highest BCUT2D eigenvalue weighted by Gasteiger charge is 2.31. The molecule has 1 atom stereocenters. The minimum Gasteiger partial charge on any atom is -0.494 e. The fraction of sp³-hybridized carbons (Fsp3) is 0.750. The van der Waals surface area contributed by atoms with Gasteiger partial charge >= 0.3 is 5.97 Å². The van der Waals surface area contributed by atoms with E-state index in [1.165, 1.54) is 0 Å². The standard InChI is InChI=1S/C12H22O3Si/c1-6-14-12(13)11-7-10(15-9(11)2)8-16(3,4)5/h10H,6-8H2,1-5H3. The maximum Gasteiger partial charge on any atom is 0.337 e. The van der Waals surface area contributed by atoms with Crippen molar-refractivity contribution in [2.45, 2.75) is 52.1 Å². The molecule has 0 amide bonds. The smallest absolute Gasteiger partial charge is 0.337 e. The van der Waals surface area contributed by atoms with Crippen LogP contribution in [0.3, 0.4) is 0 Å². The number of rotatable bonds is 4. The maximum absolute atomic E-state index is 11.6. The van der Waals surface area contributed by atoms with Crippen molar-refractivity contribution in [3.63, 3.8) is 0 Å². The molecule has 1 rings (SSSR count). The summed E-state index contributed by atoms with van der Waals surface area (Å²) in [5.41, 5.74) is 0.727. The molecule has 92 valence electrons. The summed E-state index contributed by atoms with van der Waals surface area (Å²) in [5, 5.41) is 0. The van der Waals surface area contributed by atoms with Crippen LogP contribution in [0, 0.1) is 0 Å². The Balaban J connectivity index is 2.57. The average molecular weight is 242 g/mol. The first-order chi connectivity index (χ1) is 7.33. The molecule has 0 radical (unpaired) electrons. The molecule has 0 spiro atoms. The Hall–Kier alpha value is -0.773. The molecule has 0 aromatic rings. The van der Waals surface area contributed by atoms with Crippen molar-refractivity contribution in [2.75, 3.05) is 6.61 Å². The Morgan fingerprint density at radius 3 is 2.62 bits per heavy atom. The van der Waals surface area contributed by atoms with Gasteiger partial charge in [-0.3, -0.25) is 0 Å². The van der Waals surface area contributed by atoms with Crippen molar-refractivity contribution in [3.8, 4) is 0 Å². The van der Waals surface area contributed by atoms with Crippen LogP contribution in [0.15, 0.2) is 11.3 Å². The lowest BCUT2D eigenvalue weighted by Gasteiger charge is -2.21. The van der Waals surface area contributed by atoms with E-state index in [0.717, 1.165) is 23.8 Å². The van der Waals surface area contributed by atoms with E-state index in [1.54, 1.807) is 0 Å². The van der Waals surface area contributed by atoms with Gasteiger partial charge in [-0.25, -0.2) is 4.79 Å². The number of carbonyl (C=O) groups is 1. The molecule has 1 unspecified atom stereocenters. The SMILES string of the molecule is CCOC(=O)C1=C(C)OC(C[Si](C)(C)C)C1.